The van der Waals surface area contributed by atoms with Gasteiger partial charge in [-0.05, 0) is 43.3 Å². The second kappa shape index (κ2) is 8.16. The molecule has 1 aromatic heterocycles. The van der Waals surface area contributed by atoms with Crippen LogP contribution in [0.3, 0.4) is 0 Å². The predicted octanol–water partition coefficient (Wildman–Crippen LogP) is 3.60. The zero-order chi connectivity index (χ0) is 17.6. The van der Waals surface area contributed by atoms with Crippen LogP contribution < -0.4 is 9.47 Å². The van der Waals surface area contributed by atoms with Crippen LogP contribution in [0.4, 0.5) is 0 Å². The number of likely N-dealkylation sites (tertiary alicyclic amines) is 1. The van der Waals surface area contributed by atoms with Gasteiger partial charge in [0.2, 0.25) is 0 Å². The van der Waals surface area contributed by atoms with Crippen LogP contribution in [0.2, 0.25) is 0 Å². The quantitative estimate of drug-likeness (QED) is 0.605. The predicted molar refractivity (Wildman–Crippen MR) is 96.2 cm³/mol. The minimum absolute atomic E-state index is 0.0449. The first-order chi connectivity index (χ1) is 12.2. The van der Waals surface area contributed by atoms with Crippen molar-refractivity contribution in [2.75, 3.05) is 19.7 Å². The molecule has 5 nitrogen and oxygen atoms in total. The molecule has 132 valence electrons. The third-order valence-electron chi connectivity index (χ3n) is 4.21. The van der Waals surface area contributed by atoms with Crippen LogP contribution in [0.5, 0.6) is 11.5 Å². The number of rotatable bonds is 5. The number of ether oxygens (including phenoxy) is 2. The van der Waals surface area contributed by atoms with Gasteiger partial charge in [-0.3, -0.25) is 9.59 Å². The van der Waals surface area contributed by atoms with E-state index in [2.05, 4.69) is 0 Å². The maximum Gasteiger partial charge on any atom is 0.314 e. The largest absolute Gasteiger partial charge is 0.490 e. The zero-order valence-corrected chi connectivity index (χ0v) is 15.0. The number of piperidine rings is 1. The van der Waals surface area contributed by atoms with Crippen LogP contribution in [0, 0.1) is 5.92 Å². The number of hydrogen-bond acceptors (Lipinski definition) is 5. The van der Waals surface area contributed by atoms with Gasteiger partial charge in [0.1, 0.15) is 0 Å². The van der Waals surface area contributed by atoms with Gasteiger partial charge in [-0.2, -0.15) is 0 Å². The summed E-state index contributed by atoms with van der Waals surface area (Å²) < 4.78 is 11.0. The molecule has 1 aliphatic heterocycles. The maximum absolute atomic E-state index is 12.5. The Balaban J connectivity index is 1.56. The lowest BCUT2D eigenvalue weighted by molar-refractivity contribution is -0.140. The Bertz CT molecular complexity index is 721. The highest BCUT2D eigenvalue weighted by molar-refractivity contribution is 7.12. The molecule has 3 rings (SSSR count). The number of thiophene rings is 1. The lowest BCUT2D eigenvalue weighted by atomic mass is 9.97. The summed E-state index contributed by atoms with van der Waals surface area (Å²) in [4.78, 5) is 27.4. The fraction of sp³-hybridized carbons (Fsp3) is 0.368. The third-order valence-corrected chi connectivity index (χ3v) is 5.06. The number of carbonyl (C=O) groups is 2. The zero-order valence-electron chi connectivity index (χ0n) is 14.1. The molecule has 2 aromatic rings. The summed E-state index contributed by atoms with van der Waals surface area (Å²) in [6.45, 7) is 3.55. The highest BCUT2D eigenvalue weighted by atomic mass is 32.1. The smallest absolute Gasteiger partial charge is 0.314 e. The van der Waals surface area contributed by atoms with Gasteiger partial charge in [-0.1, -0.05) is 18.2 Å². The Hall–Kier alpha value is -2.34. The minimum Gasteiger partial charge on any atom is -0.490 e. The summed E-state index contributed by atoms with van der Waals surface area (Å²) in [5.74, 6) is 0.621. The summed E-state index contributed by atoms with van der Waals surface area (Å²) >= 11 is 1.44. The molecule has 0 saturated carbocycles. The molecule has 0 atom stereocenters. The maximum atomic E-state index is 12.5. The van der Waals surface area contributed by atoms with E-state index in [0.717, 1.165) is 4.88 Å². The van der Waals surface area contributed by atoms with Gasteiger partial charge in [0.15, 0.2) is 11.5 Å². The molecule has 0 bridgehead atoms. The van der Waals surface area contributed by atoms with Gasteiger partial charge in [-0.25, -0.2) is 0 Å². The first kappa shape index (κ1) is 17.5. The van der Waals surface area contributed by atoms with Gasteiger partial charge in [0.25, 0.3) is 5.91 Å². The number of benzene rings is 1. The molecule has 25 heavy (non-hydrogen) atoms. The Morgan fingerprint density at radius 2 is 1.84 bits per heavy atom. The average Bonchev–Trinajstić information content (AvgIpc) is 3.18. The highest BCUT2D eigenvalue weighted by Gasteiger charge is 2.29. The SMILES string of the molecule is CCOc1ccccc1OC(=O)C1CCN(C(=O)c2cccs2)CC1. The molecule has 0 aliphatic carbocycles. The lowest BCUT2D eigenvalue weighted by Gasteiger charge is -2.30. The number of amides is 1. The molecular weight excluding hydrogens is 338 g/mol. The van der Waals surface area contributed by atoms with E-state index >= 15 is 0 Å². The Morgan fingerprint density at radius 3 is 2.48 bits per heavy atom. The highest BCUT2D eigenvalue weighted by Crippen LogP contribution is 2.29. The van der Waals surface area contributed by atoms with Crippen molar-refractivity contribution < 1.29 is 19.1 Å². The van der Waals surface area contributed by atoms with E-state index in [0.29, 0.717) is 44.0 Å². The molecule has 1 amide bonds. The van der Waals surface area contributed by atoms with Crippen molar-refractivity contribution in [2.45, 2.75) is 19.8 Å². The molecule has 1 aliphatic rings. The van der Waals surface area contributed by atoms with Crippen LogP contribution in [-0.2, 0) is 4.79 Å². The Labute approximate surface area is 151 Å². The summed E-state index contributed by atoms with van der Waals surface area (Å²) in [6.07, 6.45) is 1.24. The molecule has 0 radical (unpaired) electrons. The normalized spacial score (nSPS) is 15.0. The molecule has 1 aromatic carbocycles. The van der Waals surface area contributed by atoms with Gasteiger partial charge in [-0.15, -0.1) is 11.3 Å². The van der Waals surface area contributed by atoms with E-state index in [-0.39, 0.29) is 17.8 Å². The Morgan fingerprint density at radius 1 is 1.12 bits per heavy atom. The third kappa shape index (κ3) is 4.20. The van der Waals surface area contributed by atoms with Gasteiger partial charge >= 0.3 is 5.97 Å². The number of carbonyl (C=O) groups excluding carboxylic acids is 2. The second-order valence-corrected chi connectivity index (χ2v) is 6.79. The molecule has 2 heterocycles. The molecule has 6 heteroatoms. The molecule has 1 fully saturated rings. The van der Waals surface area contributed by atoms with E-state index in [1.165, 1.54) is 11.3 Å². The fourth-order valence-corrected chi connectivity index (χ4v) is 3.57. The van der Waals surface area contributed by atoms with E-state index in [1.54, 1.807) is 12.1 Å². The summed E-state index contributed by atoms with van der Waals surface area (Å²) in [5, 5.41) is 1.90. The van der Waals surface area contributed by atoms with Crippen molar-refractivity contribution in [3.05, 3.63) is 46.7 Å². The van der Waals surface area contributed by atoms with E-state index < -0.39 is 0 Å². The second-order valence-electron chi connectivity index (χ2n) is 5.84. The van der Waals surface area contributed by atoms with Gasteiger partial charge in [0.05, 0.1) is 17.4 Å². The minimum atomic E-state index is -0.254. The van der Waals surface area contributed by atoms with Crippen LogP contribution >= 0.6 is 11.3 Å². The van der Waals surface area contributed by atoms with Crippen molar-refractivity contribution in [1.82, 2.24) is 4.90 Å². The molecule has 0 unspecified atom stereocenters. The first-order valence-electron chi connectivity index (χ1n) is 8.45. The van der Waals surface area contributed by atoms with Crippen LogP contribution in [0.15, 0.2) is 41.8 Å². The van der Waals surface area contributed by atoms with Crippen molar-refractivity contribution >= 4 is 23.2 Å². The van der Waals surface area contributed by atoms with Crippen LogP contribution in [0.1, 0.15) is 29.4 Å². The standard InChI is InChI=1S/C19H21NO4S/c1-2-23-15-6-3-4-7-16(15)24-19(22)14-9-11-20(12-10-14)18(21)17-8-5-13-25-17/h3-8,13-14H,2,9-12H2,1H3. The van der Waals surface area contributed by atoms with Gasteiger partial charge in [0, 0.05) is 13.1 Å². The summed E-state index contributed by atoms with van der Waals surface area (Å²) in [5.41, 5.74) is 0. The number of para-hydroxylation sites is 2. The van der Waals surface area contributed by atoms with Gasteiger partial charge < -0.3 is 14.4 Å². The van der Waals surface area contributed by atoms with Crippen molar-refractivity contribution in [2.24, 2.45) is 5.92 Å². The fourth-order valence-electron chi connectivity index (χ4n) is 2.88. The van der Waals surface area contributed by atoms with Crippen molar-refractivity contribution in [1.29, 1.82) is 0 Å². The summed E-state index contributed by atoms with van der Waals surface area (Å²) in [7, 11) is 0. The van der Waals surface area contributed by atoms with Crippen LogP contribution in [0.25, 0.3) is 0 Å². The van der Waals surface area contributed by atoms with Crippen LogP contribution in [-0.4, -0.2) is 36.5 Å². The number of nitrogens with zero attached hydrogens (tertiary/aromatic N) is 1. The number of esters is 1. The molecule has 0 spiro atoms. The summed E-state index contributed by atoms with van der Waals surface area (Å²) in [6, 6.07) is 10.9. The molecule has 0 N–H and O–H groups in total. The van der Waals surface area contributed by atoms with Crippen molar-refractivity contribution in [3.63, 3.8) is 0 Å². The van der Waals surface area contributed by atoms with E-state index in [9.17, 15) is 9.59 Å². The first-order valence-corrected chi connectivity index (χ1v) is 9.33. The number of hydrogen-bond donors (Lipinski definition) is 0. The molecular formula is C19H21NO4S. The lowest BCUT2D eigenvalue weighted by Crippen LogP contribution is -2.40. The Kier molecular flexibility index (Phi) is 5.71. The van der Waals surface area contributed by atoms with Crippen molar-refractivity contribution in [3.8, 4) is 11.5 Å². The average molecular weight is 359 g/mol. The van der Waals surface area contributed by atoms with E-state index in [1.807, 2.05) is 41.5 Å². The topological polar surface area (TPSA) is 55.8 Å². The molecule has 1 saturated heterocycles. The van der Waals surface area contributed by atoms with E-state index in [4.69, 9.17) is 9.47 Å². The monoisotopic (exact) mass is 359 g/mol.